The molecule has 25 heavy (non-hydrogen) atoms. The highest BCUT2D eigenvalue weighted by Crippen LogP contribution is 2.24. The van der Waals surface area contributed by atoms with Crippen molar-refractivity contribution in [2.24, 2.45) is 0 Å². The molecule has 0 saturated carbocycles. The lowest BCUT2D eigenvalue weighted by Gasteiger charge is -2.13. The van der Waals surface area contributed by atoms with Crippen molar-refractivity contribution in [3.63, 3.8) is 0 Å². The molecule has 0 aliphatic rings. The molecule has 2 aromatic rings. The van der Waals surface area contributed by atoms with Crippen molar-refractivity contribution in [1.29, 1.82) is 0 Å². The zero-order chi connectivity index (χ0) is 18.4. The van der Waals surface area contributed by atoms with Crippen molar-refractivity contribution in [2.75, 3.05) is 11.9 Å². The van der Waals surface area contributed by atoms with Crippen LogP contribution in [-0.4, -0.2) is 18.5 Å². The van der Waals surface area contributed by atoms with Crippen LogP contribution < -0.4 is 16.0 Å². The summed E-state index contributed by atoms with van der Waals surface area (Å²) in [6, 6.07) is 9.92. The van der Waals surface area contributed by atoms with Crippen LogP contribution in [0.3, 0.4) is 0 Å². The van der Waals surface area contributed by atoms with E-state index >= 15 is 0 Å². The number of urea groups is 1. The maximum absolute atomic E-state index is 13.4. The molecule has 0 spiro atoms. The van der Waals surface area contributed by atoms with E-state index in [0.717, 1.165) is 5.56 Å². The fourth-order valence-corrected chi connectivity index (χ4v) is 2.76. The molecule has 8 heteroatoms. The summed E-state index contributed by atoms with van der Waals surface area (Å²) >= 11 is 12.0. The molecule has 0 unspecified atom stereocenters. The number of para-hydroxylation sites is 1. The van der Waals surface area contributed by atoms with Gasteiger partial charge in [0.05, 0.1) is 10.7 Å². The Morgan fingerprint density at radius 2 is 1.92 bits per heavy atom. The Kier molecular flexibility index (Phi) is 6.75. The summed E-state index contributed by atoms with van der Waals surface area (Å²) in [7, 11) is 0. The molecule has 0 radical (unpaired) electrons. The quantitative estimate of drug-likeness (QED) is 0.740. The largest absolute Gasteiger partial charge is 0.332 e. The van der Waals surface area contributed by atoms with Crippen molar-refractivity contribution in [2.45, 2.75) is 13.0 Å². The number of imide groups is 1. The Hall–Kier alpha value is -2.15. The molecule has 0 aliphatic carbocycles. The summed E-state index contributed by atoms with van der Waals surface area (Å²) in [6.45, 7) is 1.88. The number of hydrogen-bond acceptors (Lipinski definition) is 2. The second kappa shape index (κ2) is 8.80. The number of quaternary nitrogens is 1. The van der Waals surface area contributed by atoms with Gasteiger partial charge in [0.1, 0.15) is 11.9 Å². The van der Waals surface area contributed by atoms with Gasteiger partial charge in [-0.05, 0) is 31.2 Å². The van der Waals surface area contributed by atoms with Crippen molar-refractivity contribution >= 4 is 40.8 Å². The van der Waals surface area contributed by atoms with Gasteiger partial charge >= 0.3 is 6.03 Å². The molecule has 0 heterocycles. The molecule has 132 valence electrons. The summed E-state index contributed by atoms with van der Waals surface area (Å²) in [5, 5.41) is 7.19. The van der Waals surface area contributed by atoms with Crippen LogP contribution in [0.4, 0.5) is 14.9 Å². The van der Waals surface area contributed by atoms with Gasteiger partial charge in [0, 0.05) is 10.6 Å². The molecule has 0 aromatic heterocycles. The number of amides is 3. The molecule has 0 bridgehead atoms. The molecule has 2 rings (SSSR count). The highest BCUT2D eigenvalue weighted by atomic mass is 35.5. The average Bonchev–Trinajstić information content (AvgIpc) is 2.54. The smallest absolute Gasteiger partial charge is 0.326 e. The van der Waals surface area contributed by atoms with E-state index in [0.29, 0.717) is 10.0 Å². The van der Waals surface area contributed by atoms with Gasteiger partial charge in [-0.2, -0.15) is 0 Å². The summed E-state index contributed by atoms with van der Waals surface area (Å²) in [6.07, 6.45) is 0. The second-order valence-electron chi connectivity index (χ2n) is 5.38. The molecule has 0 saturated heterocycles. The predicted octanol–water partition coefficient (Wildman–Crippen LogP) is 3.11. The summed E-state index contributed by atoms with van der Waals surface area (Å²) in [5.74, 6) is -1.09. The van der Waals surface area contributed by atoms with Gasteiger partial charge in [-0.3, -0.25) is 10.1 Å². The highest BCUT2D eigenvalue weighted by Gasteiger charge is 2.16. The first-order valence-electron chi connectivity index (χ1n) is 7.50. The number of carbonyl (C=O) groups is 2. The lowest BCUT2D eigenvalue weighted by molar-refractivity contribution is -0.682. The number of nitrogens with one attached hydrogen (secondary N) is 2. The fraction of sp³-hybridized carbons (Fsp3) is 0.176. The van der Waals surface area contributed by atoms with Crippen molar-refractivity contribution < 1.29 is 19.3 Å². The number of benzene rings is 2. The summed E-state index contributed by atoms with van der Waals surface area (Å²) in [5.41, 5.74) is 0.827. The number of rotatable bonds is 5. The molecular formula is C17H17Cl2FN3O2+. The lowest BCUT2D eigenvalue weighted by Crippen LogP contribution is -2.87. The van der Waals surface area contributed by atoms with E-state index < -0.39 is 17.8 Å². The van der Waals surface area contributed by atoms with Crippen LogP contribution in [0.1, 0.15) is 18.5 Å². The number of nitrogens with two attached hydrogens (primary N) is 1. The van der Waals surface area contributed by atoms with Gasteiger partial charge in [0.15, 0.2) is 6.54 Å². The van der Waals surface area contributed by atoms with Crippen molar-refractivity contribution in [1.82, 2.24) is 5.32 Å². The van der Waals surface area contributed by atoms with Crippen molar-refractivity contribution in [3.8, 4) is 0 Å². The van der Waals surface area contributed by atoms with Crippen LogP contribution in [-0.2, 0) is 4.79 Å². The standard InChI is InChI=1S/C17H16Cl2FN3O2/c1-10(12-7-6-11(18)8-13(12)19)21-9-16(24)23-17(25)22-15-5-3-2-4-14(15)20/h2-8,10,21H,9H2,1H3,(H2,22,23,24,25)/p+1/t10-/m1/s1. The first-order chi connectivity index (χ1) is 11.9. The van der Waals surface area contributed by atoms with Crippen LogP contribution >= 0.6 is 23.2 Å². The molecule has 0 aliphatic heterocycles. The second-order valence-corrected chi connectivity index (χ2v) is 6.22. The monoisotopic (exact) mass is 384 g/mol. The third kappa shape index (κ3) is 5.70. The number of carbonyl (C=O) groups excluding carboxylic acids is 2. The number of halogens is 3. The Balaban J connectivity index is 1.83. The fourth-order valence-electron chi connectivity index (χ4n) is 2.18. The minimum atomic E-state index is -0.791. The van der Waals surface area contributed by atoms with Gasteiger partial charge in [-0.1, -0.05) is 41.4 Å². The molecule has 0 fully saturated rings. The highest BCUT2D eigenvalue weighted by molar-refractivity contribution is 6.35. The first-order valence-corrected chi connectivity index (χ1v) is 8.26. The molecule has 2 aromatic carbocycles. The summed E-state index contributed by atoms with van der Waals surface area (Å²) in [4.78, 5) is 23.6. The lowest BCUT2D eigenvalue weighted by atomic mass is 10.1. The number of anilines is 1. The Morgan fingerprint density at radius 1 is 1.20 bits per heavy atom. The Morgan fingerprint density at radius 3 is 2.60 bits per heavy atom. The van der Waals surface area contributed by atoms with Gasteiger partial charge in [-0.25, -0.2) is 9.18 Å². The van der Waals surface area contributed by atoms with Crippen molar-refractivity contribution in [3.05, 3.63) is 63.9 Å². The maximum Gasteiger partial charge on any atom is 0.326 e. The summed E-state index contributed by atoms with van der Waals surface area (Å²) < 4.78 is 13.4. The van der Waals surface area contributed by atoms with Crippen LogP contribution in [0.5, 0.6) is 0 Å². The SMILES string of the molecule is C[C@@H]([NH2+]CC(=O)NC(=O)Nc1ccccc1F)c1ccc(Cl)cc1Cl. The molecule has 3 amide bonds. The third-order valence-corrected chi connectivity index (χ3v) is 4.05. The Bertz CT molecular complexity index is 786. The maximum atomic E-state index is 13.4. The van der Waals surface area contributed by atoms with E-state index in [2.05, 4.69) is 10.6 Å². The van der Waals surface area contributed by atoms with Crippen LogP contribution in [0.15, 0.2) is 42.5 Å². The minimum Gasteiger partial charge on any atom is -0.332 e. The molecule has 5 nitrogen and oxygen atoms in total. The molecule has 4 N–H and O–H groups in total. The van der Waals surface area contributed by atoms with Gasteiger partial charge < -0.3 is 10.6 Å². The Labute approximate surface area is 154 Å². The number of hydrogen-bond donors (Lipinski definition) is 3. The van der Waals surface area contributed by atoms with E-state index in [1.54, 1.807) is 29.6 Å². The molecule has 1 atom stereocenters. The van der Waals surface area contributed by atoms with Gasteiger partial charge in [0.25, 0.3) is 5.91 Å². The normalized spacial score (nSPS) is 11.7. The van der Waals surface area contributed by atoms with Crippen LogP contribution in [0.2, 0.25) is 10.0 Å². The van der Waals surface area contributed by atoms with E-state index in [1.165, 1.54) is 18.2 Å². The van der Waals surface area contributed by atoms with Crippen LogP contribution in [0.25, 0.3) is 0 Å². The topological polar surface area (TPSA) is 74.8 Å². The zero-order valence-corrected chi connectivity index (χ0v) is 14.9. The first kappa shape index (κ1) is 19.2. The minimum absolute atomic E-state index is 0.00177. The van der Waals surface area contributed by atoms with E-state index in [1.807, 2.05) is 6.92 Å². The zero-order valence-electron chi connectivity index (χ0n) is 13.4. The van der Waals surface area contributed by atoms with E-state index in [-0.39, 0.29) is 18.3 Å². The predicted molar refractivity (Wildman–Crippen MR) is 95.2 cm³/mol. The average molecular weight is 385 g/mol. The van der Waals surface area contributed by atoms with E-state index in [9.17, 15) is 14.0 Å². The molecular weight excluding hydrogens is 368 g/mol. The van der Waals surface area contributed by atoms with E-state index in [4.69, 9.17) is 23.2 Å². The van der Waals surface area contributed by atoms with Crippen LogP contribution in [0, 0.1) is 5.82 Å². The van der Waals surface area contributed by atoms with Gasteiger partial charge in [-0.15, -0.1) is 0 Å². The van der Waals surface area contributed by atoms with Gasteiger partial charge in [0.2, 0.25) is 0 Å². The third-order valence-electron chi connectivity index (χ3n) is 3.48.